The fourth-order valence-electron chi connectivity index (χ4n) is 2.02. The van der Waals surface area contributed by atoms with Crippen LogP contribution in [0.25, 0.3) is 0 Å². The van der Waals surface area contributed by atoms with E-state index in [2.05, 4.69) is 9.97 Å². The van der Waals surface area contributed by atoms with Gasteiger partial charge in [0.05, 0.1) is 11.6 Å². The van der Waals surface area contributed by atoms with Crippen molar-refractivity contribution in [2.24, 2.45) is 0 Å². The molecule has 0 aliphatic rings. The molecule has 0 bridgehead atoms. The van der Waals surface area contributed by atoms with Crippen molar-refractivity contribution in [1.82, 2.24) is 9.97 Å². The predicted octanol–water partition coefficient (Wildman–Crippen LogP) is 3.44. The van der Waals surface area contributed by atoms with Gasteiger partial charge >= 0.3 is 0 Å². The molecule has 1 heterocycles. The van der Waals surface area contributed by atoms with Gasteiger partial charge in [-0.05, 0) is 37.8 Å². The van der Waals surface area contributed by atoms with E-state index in [1.807, 2.05) is 38.3 Å². The Morgan fingerprint density at radius 1 is 1.43 bits per heavy atom. The van der Waals surface area contributed by atoms with E-state index in [9.17, 15) is 4.79 Å². The lowest BCUT2D eigenvalue weighted by molar-refractivity contribution is 0.340. The van der Waals surface area contributed by atoms with Gasteiger partial charge in [0.2, 0.25) is 0 Å². The van der Waals surface area contributed by atoms with E-state index < -0.39 is 0 Å². The van der Waals surface area contributed by atoms with Crippen molar-refractivity contribution in [1.29, 1.82) is 0 Å². The molecule has 0 amide bonds. The molecule has 6 heteroatoms. The SMILES string of the molecule is CCOc1ccc(Cc2c(C)nc(SC)[nH]c2=O)cc1Cl. The van der Waals surface area contributed by atoms with Gasteiger partial charge in [0.1, 0.15) is 5.75 Å². The minimum absolute atomic E-state index is 0.100. The maximum atomic E-state index is 12.1. The summed E-state index contributed by atoms with van der Waals surface area (Å²) in [5.74, 6) is 0.657. The quantitative estimate of drug-likeness (QED) is 0.676. The molecule has 0 spiro atoms. The standard InChI is InChI=1S/C15H17ClN2O2S/c1-4-20-13-6-5-10(8-12(13)16)7-11-9(2)17-15(21-3)18-14(11)19/h5-6,8H,4,7H2,1-3H3,(H,17,18,19). The number of benzene rings is 1. The molecule has 0 fully saturated rings. The van der Waals surface area contributed by atoms with Crippen molar-refractivity contribution in [3.8, 4) is 5.75 Å². The van der Waals surface area contributed by atoms with Gasteiger partial charge in [-0.25, -0.2) is 4.98 Å². The molecular formula is C15H17ClN2O2S. The zero-order chi connectivity index (χ0) is 15.4. The Morgan fingerprint density at radius 2 is 2.19 bits per heavy atom. The number of nitrogens with zero attached hydrogens (tertiary/aromatic N) is 1. The first-order chi connectivity index (χ1) is 10.0. The van der Waals surface area contributed by atoms with Crippen LogP contribution in [0, 0.1) is 6.92 Å². The third kappa shape index (κ3) is 3.80. The van der Waals surface area contributed by atoms with Gasteiger partial charge < -0.3 is 9.72 Å². The van der Waals surface area contributed by atoms with Crippen LogP contribution < -0.4 is 10.3 Å². The fraction of sp³-hybridized carbons (Fsp3) is 0.333. The molecule has 21 heavy (non-hydrogen) atoms. The second kappa shape index (κ2) is 7.00. The molecule has 1 aromatic heterocycles. The Balaban J connectivity index is 2.30. The molecule has 1 aromatic carbocycles. The summed E-state index contributed by atoms with van der Waals surface area (Å²) in [6.07, 6.45) is 2.37. The summed E-state index contributed by atoms with van der Waals surface area (Å²) in [5.41, 5.74) is 2.26. The van der Waals surface area contributed by atoms with Crippen LogP contribution in [0.4, 0.5) is 0 Å². The molecule has 0 unspecified atom stereocenters. The van der Waals surface area contributed by atoms with Crippen LogP contribution in [0.5, 0.6) is 5.75 Å². The van der Waals surface area contributed by atoms with Crippen LogP contribution in [0.15, 0.2) is 28.2 Å². The number of rotatable bonds is 5. The van der Waals surface area contributed by atoms with E-state index in [1.54, 1.807) is 0 Å². The molecular weight excluding hydrogens is 308 g/mol. The number of halogens is 1. The highest BCUT2D eigenvalue weighted by Crippen LogP contribution is 2.26. The van der Waals surface area contributed by atoms with Gasteiger partial charge in [-0.3, -0.25) is 4.79 Å². The molecule has 0 saturated heterocycles. The van der Waals surface area contributed by atoms with E-state index in [1.165, 1.54) is 11.8 Å². The second-order valence-corrected chi connectivity index (χ2v) is 5.72. The summed E-state index contributed by atoms with van der Waals surface area (Å²) in [4.78, 5) is 19.3. The summed E-state index contributed by atoms with van der Waals surface area (Å²) in [5, 5.41) is 1.18. The highest BCUT2D eigenvalue weighted by Gasteiger charge is 2.10. The minimum atomic E-state index is -0.100. The first kappa shape index (κ1) is 15.9. The van der Waals surface area contributed by atoms with E-state index in [-0.39, 0.29) is 5.56 Å². The van der Waals surface area contributed by atoms with Crippen molar-refractivity contribution in [3.63, 3.8) is 0 Å². The summed E-state index contributed by atoms with van der Waals surface area (Å²) in [6.45, 7) is 4.32. The van der Waals surface area contributed by atoms with E-state index in [0.29, 0.717) is 34.5 Å². The Bertz CT molecular complexity index is 701. The first-order valence-corrected chi connectivity index (χ1v) is 8.20. The van der Waals surface area contributed by atoms with Crippen LogP contribution in [-0.2, 0) is 6.42 Å². The second-order valence-electron chi connectivity index (χ2n) is 4.51. The van der Waals surface area contributed by atoms with Crippen LogP contribution in [0.1, 0.15) is 23.7 Å². The summed E-state index contributed by atoms with van der Waals surface area (Å²) >= 11 is 7.59. The van der Waals surface area contributed by atoms with Crippen LogP contribution in [0.2, 0.25) is 5.02 Å². The molecule has 0 radical (unpaired) electrons. The molecule has 1 N–H and O–H groups in total. The zero-order valence-corrected chi connectivity index (χ0v) is 13.8. The van der Waals surface area contributed by atoms with Crippen molar-refractivity contribution in [2.75, 3.05) is 12.9 Å². The van der Waals surface area contributed by atoms with Crippen molar-refractivity contribution >= 4 is 23.4 Å². The number of hydrogen-bond acceptors (Lipinski definition) is 4. The zero-order valence-electron chi connectivity index (χ0n) is 12.2. The Kier molecular flexibility index (Phi) is 5.31. The fourth-order valence-corrected chi connectivity index (χ4v) is 2.70. The van der Waals surface area contributed by atoms with Crippen LogP contribution in [-0.4, -0.2) is 22.8 Å². The summed E-state index contributed by atoms with van der Waals surface area (Å²) < 4.78 is 5.40. The van der Waals surface area contributed by atoms with Gasteiger partial charge in [-0.2, -0.15) is 0 Å². The van der Waals surface area contributed by atoms with Crippen LogP contribution >= 0.6 is 23.4 Å². The lowest BCUT2D eigenvalue weighted by Crippen LogP contribution is -2.17. The monoisotopic (exact) mass is 324 g/mol. The highest BCUT2D eigenvalue weighted by molar-refractivity contribution is 7.98. The highest BCUT2D eigenvalue weighted by atomic mass is 35.5. The molecule has 0 aliphatic carbocycles. The largest absolute Gasteiger partial charge is 0.492 e. The maximum Gasteiger partial charge on any atom is 0.255 e. The Labute approximate surface area is 132 Å². The third-order valence-electron chi connectivity index (χ3n) is 3.07. The number of ether oxygens (including phenoxy) is 1. The van der Waals surface area contributed by atoms with Gasteiger partial charge in [0.25, 0.3) is 5.56 Å². The number of aryl methyl sites for hydroxylation is 1. The van der Waals surface area contributed by atoms with Crippen molar-refractivity contribution in [2.45, 2.75) is 25.4 Å². The van der Waals surface area contributed by atoms with Crippen LogP contribution in [0.3, 0.4) is 0 Å². The molecule has 0 atom stereocenters. The number of aromatic amines is 1. The molecule has 0 saturated carbocycles. The minimum Gasteiger partial charge on any atom is -0.492 e. The average molecular weight is 325 g/mol. The first-order valence-electron chi connectivity index (χ1n) is 6.60. The van der Waals surface area contributed by atoms with Gasteiger partial charge in [0, 0.05) is 17.7 Å². The summed E-state index contributed by atoms with van der Waals surface area (Å²) in [7, 11) is 0. The number of nitrogens with one attached hydrogen (secondary N) is 1. The Morgan fingerprint density at radius 3 is 2.76 bits per heavy atom. The smallest absolute Gasteiger partial charge is 0.255 e. The third-order valence-corrected chi connectivity index (χ3v) is 3.95. The van der Waals surface area contributed by atoms with E-state index in [0.717, 1.165) is 11.3 Å². The Hall–Kier alpha value is -1.46. The molecule has 112 valence electrons. The van der Waals surface area contributed by atoms with Gasteiger partial charge in [-0.1, -0.05) is 29.4 Å². The molecule has 2 rings (SSSR count). The average Bonchev–Trinajstić information content (AvgIpc) is 2.45. The molecule has 4 nitrogen and oxygen atoms in total. The van der Waals surface area contributed by atoms with Crippen molar-refractivity contribution in [3.05, 3.63) is 50.4 Å². The number of H-pyrrole nitrogens is 1. The van der Waals surface area contributed by atoms with Gasteiger partial charge in [0.15, 0.2) is 5.16 Å². The van der Waals surface area contributed by atoms with E-state index in [4.69, 9.17) is 16.3 Å². The van der Waals surface area contributed by atoms with E-state index >= 15 is 0 Å². The number of hydrogen-bond donors (Lipinski definition) is 1. The lowest BCUT2D eigenvalue weighted by atomic mass is 10.1. The van der Waals surface area contributed by atoms with Gasteiger partial charge in [-0.15, -0.1) is 0 Å². The number of thioether (sulfide) groups is 1. The summed E-state index contributed by atoms with van der Waals surface area (Å²) in [6, 6.07) is 5.57. The molecule has 0 aliphatic heterocycles. The molecule has 2 aromatic rings. The predicted molar refractivity (Wildman–Crippen MR) is 86.8 cm³/mol. The normalized spacial score (nSPS) is 10.7. The lowest BCUT2D eigenvalue weighted by Gasteiger charge is -2.09. The number of aromatic nitrogens is 2. The maximum absolute atomic E-state index is 12.1. The topological polar surface area (TPSA) is 55.0 Å². The van der Waals surface area contributed by atoms with Crippen molar-refractivity contribution < 1.29 is 4.74 Å².